The fourth-order valence-electron chi connectivity index (χ4n) is 2.14. The average molecular weight is 272 g/mol. The van der Waals surface area contributed by atoms with Crippen molar-refractivity contribution in [2.45, 2.75) is 38.7 Å². The molecule has 1 rings (SSSR count). The largest absolute Gasteiger partial charge is 0.480 e. The molecule has 0 radical (unpaired) electrons. The number of carbonyl (C=O) groups is 2. The zero-order chi connectivity index (χ0) is 14.3. The Labute approximate surface area is 114 Å². The Morgan fingerprint density at radius 3 is 2.53 bits per heavy atom. The van der Waals surface area contributed by atoms with E-state index in [4.69, 9.17) is 9.84 Å². The smallest absolute Gasteiger partial charge is 0.329 e. The first-order valence-electron chi connectivity index (χ1n) is 6.88. The topological polar surface area (TPSA) is 70.1 Å². The number of carboxylic acids is 1. The molecule has 0 unspecified atom stereocenters. The van der Waals surface area contributed by atoms with Crippen molar-refractivity contribution >= 4 is 12.0 Å². The van der Waals surface area contributed by atoms with Crippen LogP contribution in [0.25, 0.3) is 0 Å². The third-order valence-corrected chi connectivity index (χ3v) is 3.33. The molecule has 0 aromatic carbocycles. The first-order valence-corrected chi connectivity index (χ1v) is 6.88. The standard InChI is InChI=1S/C13H24N2O4/c1-3-4-7-14(2)13(18)15-8-5-11(6-9-15)19-10-12(16)17/h11H,3-10H2,1-2H3,(H,16,17). The van der Waals surface area contributed by atoms with Crippen molar-refractivity contribution in [1.82, 2.24) is 9.80 Å². The number of unbranched alkanes of at least 4 members (excludes halogenated alkanes) is 1. The molecular weight excluding hydrogens is 248 g/mol. The average Bonchev–Trinajstić information content (AvgIpc) is 2.42. The second-order valence-corrected chi connectivity index (χ2v) is 4.95. The minimum atomic E-state index is -0.946. The van der Waals surface area contributed by atoms with E-state index in [1.54, 1.807) is 4.90 Å². The van der Waals surface area contributed by atoms with E-state index in [-0.39, 0.29) is 18.7 Å². The predicted molar refractivity (Wildman–Crippen MR) is 71.1 cm³/mol. The van der Waals surface area contributed by atoms with Crippen molar-refractivity contribution in [3.05, 3.63) is 0 Å². The monoisotopic (exact) mass is 272 g/mol. The number of carboxylic acid groups (broad SMARTS) is 1. The molecule has 0 atom stereocenters. The van der Waals surface area contributed by atoms with E-state index in [9.17, 15) is 9.59 Å². The van der Waals surface area contributed by atoms with E-state index < -0.39 is 5.97 Å². The highest BCUT2D eigenvalue weighted by atomic mass is 16.5. The summed E-state index contributed by atoms with van der Waals surface area (Å²) in [6, 6.07) is 0.0603. The number of aliphatic carboxylic acids is 1. The van der Waals surface area contributed by atoms with E-state index in [2.05, 4.69) is 6.92 Å². The summed E-state index contributed by atoms with van der Waals surface area (Å²) < 4.78 is 5.25. The Balaban J connectivity index is 2.28. The van der Waals surface area contributed by atoms with Crippen molar-refractivity contribution in [2.75, 3.05) is 33.3 Å². The molecular formula is C13H24N2O4. The maximum absolute atomic E-state index is 12.1. The lowest BCUT2D eigenvalue weighted by molar-refractivity contribution is -0.145. The van der Waals surface area contributed by atoms with Gasteiger partial charge in [-0.1, -0.05) is 13.3 Å². The molecule has 6 nitrogen and oxygen atoms in total. The summed E-state index contributed by atoms with van der Waals surface area (Å²) in [7, 11) is 1.82. The summed E-state index contributed by atoms with van der Waals surface area (Å²) >= 11 is 0. The Kier molecular flexibility index (Phi) is 6.62. The minimum absolute atomic E-state index is 0.0407. The van der Waals surface area contributed by atoms with Crippen LogP contribution in [-0.4, -0.2) is 66.3 Å². The van der Waals surface area contributed by atoms with Crippen molar-refractivity contribution in [1.29, 1.82) is 0 Å². The Morgan fingerprint density at radius 2 is 2.00 bits per heavy atom. The van der Waals surface area contributed by atoms with Gasteiger partial charge in [0.25, 0.3) is 0 Å². The summed E-state index contributed by atoms with van der Waals surface area (Å²) in [6.07, 6.45) is 3.46. The molecule has 0 aromatic heterocycles. The summed E-state index contributed by atoms with van der Waals surface area (Å²) in [5.41, 5.74) is 0. The summed E-state index contributed by atoms with van der Waals surface area (Å²) in [5, 5.41) is 8.54. The molecule has 1 aliphatic rings. The number of amides is 2. The number of urea groups is 1. The van der Waals surface area contributed by atoms with Crippen molar-refractivity contribution in [3.63, 3.8) is 0 Å². The maximum atomic E-state index is 12.1. The Morgan fingerprint density at radius 1 is 1.37 bits per heavy atom. The number of nitrogens with zero attached hydrogens (tertiary/aromatic N) is 2. The third-order valence-electron chi connectivity index (χ3n) is 3.33. The van der Waals surface area contributed by atoms with Gasteiger partial charge >= 0.3 is 12.0 Å². The molecule has 110 valence electrons. The predicted octanol–water partition coefficient (Wildman–Crippen LogP) is 1.40. The van der Waals surface area contributed by atoms with Gasteiger partial charge in [0.05, 0.1) is 6.10 Å². The van der Waals surface area contributed by atoms with Crippen LogP contribution in [0.15, 0.2) is 0 Å². The number of hydrogen-bond acceptors (Lipinski definition) is 3. The van der Waals surface area contributed by atoms with Crippen molar-refractivity contribution in [2.24, 2.45) is 0 Å². The Hall–Kier alpha value is -1.30. The molecule has 19 heavy (non-hydrogen) atoms. The lowest BCUT2D eigenvalue weighted by Gasteiger charge is -2.34. The number of likely N-dealkylation sites (tertiary alicyclic amines) is 1. The lowest BCUT2D eigenvalue weighted by atomic mass is 10.1. The molecule has 0 saturated carbocycles. The van der Waals surface area contributed by atoms with Crippen molar-refractivity contribution in [3.8, 4) is 0 Å². The molecule has 1 fully saturated rings. The zero-order valence-corrected chi connectivity index (χ0v) is 11.8. The van der Waals surface area contributed by atoms with E-state index in [1.165, 1.54) is 0 Å². The molecule has 0 aliphatic carbocycles. The summed E-state index contributed by atoms with van der Waals surface area (Å²) in [5.74, 6) is -0.946. The number of rotatable bonds is 6. The number of hydrogen-bond donors (Lipinski definition) is 1. The van der Waals surface area contributed by atoms with Crippen LogP contribution < -0.4 is 0 Å². The first-order chi connectivity index (χ1) is 9.04. The van der Waals surface area contributed by atoms with Crippen LogP contribution in [0.2, 0.25) is 0 Å². The quantitative estimate of drug-likeness (QED) is 0.793. The molecule has 2 amide bonds. The second kappa shape index (κ2) is 7.99. The molecule has 0 spiro atoms. The number of piperidine rings is 1. The number of ether oxygens (including phenoxy) is 1. The van der Waals surface area contributed by atoms with Gasteiger partial charge in [-0.15, -0.1) is 0 Å². The molecule has 6 heteroatoms. The van der Waals surface area contributed by atoms with Gasteiger partial charge in [0.1, 0.15) is 6.61 Å². The van der Waals surface area contributed by atoms with Crippen LogP contribution in [0.4, 0.5) is 4.79 Å². The normalized spacial score (nSPS) is 16.4. The first kappa shape index (κ1) is 15.8. The summed E-state index contributed by atoms with van der Waals surface area (Å²) in [6.45, 7) is 3.91. The molecule has 1 saturated heterocycles. The van der Waals surface area contributed by atoms with Crippen LogP contribution in [0.3, 0.4) is 0 Å². The Bertz CT molecular complexity index is 301. The lowest BCUT2D eigenvalue weighted by Crippen LogP contribution is -2.47. The van der Waals surface area contributed by atoms with Crippen LogP contribution in [0.1, 0.15) is 32.6 Å². The minimum Gasteiger partial charge on any atom is -0.480 e. The van der Waals surface area contributed by atoms with Crippen LogP contribution in [0.5, 0.6) is 0 Å². The van der Waals surface area contributed by atoms with Crippen LogP contribution in [-0.2, 0) is 9.53 Å². The fourth-order valence-corrected chi connectivity index (χ4v) is 2.14. The zero-order valence-electron chi connectivity index (χ0n) is 11.8. The SMILES string of the molecule is CCCCN(C)C(=O)N1CCC(OCC(=O)O)CC1. The van der Waals surface area contributed by atoms with Gasteiger partial charge in [0.15, 0.2) is 0 Å². The molecule has 0 aromatic rings. The maximum Gasteiger partial charge on any atom is 0.329 e. The van der Waals surface area contributed by atoms with E-state index in [0.29, 0.717) is 25.9 Å². The van der Waals surface area contributed by atoms with Gasteiger partial charge in [-0.25, -0.2) is 9.59 Å². The van der Waals surface area contributed by atoms with E-state index >= 15 is 0 Å². The highest BCUT2D eigenvalue weighted by Gasteiger charge is 2.25. The highest BCUT2D eigenvalue weighted by molar-refractivity contribution is 5.74. The van der Waals surface area contributed by atoms with Crippen molar-refractivity contribution < 1.29 is 19.4 Å². The molecule has 1 N–H and O–H groups in total. The highest BCUT2D eigenvalue weighted by Crippen LogP contribution is 2.15. The van der Waals surface area contributed by atoms with Gasteiger partial charge in [-0.3, -0.25) is 0 Å². The molecule has 0 bridgehead atoms. The van der Waals surface area contributed by atoms with Crippen LogP contribution >= 0.6 is 0 Å². The second-order valence-electron chi connectivity index (χ2n) is 4.95. The number of carbonyl (C=O) groups excluding carboxylic acids is 1. The van der Waals surface area contributed by atoms with Gasteiger partial charge in [0, 0.05) is 26.7 Å². The molecule has 1 aliphatic heterocycles. The fraction of sp³-hybridized carbons (Fsp3) is 0.846. The van der Waals surface area contributed by atoms with Gasteiger partial charge in [-0.2, -0.15) is 0 Å². The van der Waals surface area contributed by atoms with Gasteiger partial charge < -0.3 is 19.6 Å². The van der Waals surface area contributed by atoms with Gasteiger partial charge in [0.2, 0.25) is 0 Å². The third kappa shape index (κ3) is 5.46. The molecule has 1 heterocycles. The van der Waals surface area contributed by atoms with E-state index in [1.807, 2.05) is 11.9 Å². The van der Waals surface area contributed by atoms with Gasteiger partial charge in [-0.05, 0) is 19.3 Å². The summed E-state index contributed by atoms with van der Waals surface area (Å²) in [4.78, 5) is 26.1. The van der Waals surface area contributed by atoms with Crippen LogP contribution in [0, 0.1) is 0 Å². The van der Waals surface area contributed by atoms with E-state index in [0.717, 1.165) is 19.4 Å².